The Balaban J connectivity index is 1.36. The SMILES string of the molecule is C[C@H](Sc1nnc(NCc2ccco2)s1)C(=O)Nc1sc2c(c1C#N)CCCCC2. The molecular weight excluding hydrogens is 438 g/mol. The number of hydrogen-bond donors (Lipinski definition) is 2. The van der Waals surface area contributed by atoms with Crippen molar-refractivity contribution < 1.29 is 9.21 Å². The maximum absolute atomic E-state index is 12.7. The van der Waals surface area contributed by atoms with Crippen LogP contribution in [0.2, 0.25) is 0 Å². The number of rotatable bonds is 7. The Kier molecular flexibility index (Phi) is 6.72. The molecule has 7 nitrogen and oxygen atoms in total. The lowest BCUT2D eigenvalue weighted by Crippen LogP contribution is -2.22. The number of carbonyl (C=O) groups excluding carboxylic acids is 1. The summed E-state index contributed by atoms with van der Waals surface area (Å²) in [5, 5.41) is 25.0. The number of hydrogen-bond acceptors (Lipinski definition) is 9. The van der Waals surface area contributed by atoms with Gasteiger partial charge in [-0.3, -0.25) is 4.79 Å². The maximum Gasteiger partial charge on any atom is 0.238 e. The van der Waals surface area contributed by atoms with Crippen LogP contribution in [0.15, 0.2) is 27.2 Å². The van der Waals surface area contributed by atoms with Gasteiger partial charge < -0.3 is 15.1 Å². The molecule has 1 aliphatic rings. The number of fused-ring (bicyclic) bond motifs is 1. The second kappa shape index (κ2) is 9.64. The van der Waals surface area contributed by atoms with Gasteiger partial charge in [0.1, 0.15) is 16.8 Å². The fourth-order valence-electron chi connectivity index (χ4n) is 3.27. The van der Waals surface area contributed by atoms with Crippen LogP contribution in [0, 0.1) is 11.3 Å². The summed E-state index contributed by atoms with van der Waals surface area (Å²) in [4.78, 5) is 14.0. The number of thioether (sulfide) groups is 1. The Bertz CT molecular complexity index is 1050. The van der Waals surface area contributed by atoms with Crippen LogP contribution >= 0.6 is 34.4 Å². The van der Waals surface area contributed by atoms with E-state index in [4.69, 9.17) is 4.42 Å². The zero-order valence-corrected chi connectivity index (χ0v) is 18.9. The largest absolute Gasteiger partial charge is 0.467 e. The van der Waals surface area contributed by atoms with E-state index in [0.29, 0.717) is 26.6 Å². The van der Waals surface area contributed by atoms with Crippen LogP contribution in [0.1, 0.15) is 48.0 Å². The molecule has 3 aromatic rings. The molecule has 156 valence electrons. The summed E-state index contributed by atoms with van der Waals surface area (Å²) >= 11 is 4.31. The zero-order valence-electron chi connectivity index (χ0n) is 16.4. The molecule has 0 unspecified atom stereocenters. The molecule has 30 heavy (non-hydrogen) atoms. The Morgan fingerprint density at radius 2 is 2.20 bits per heavy atom. The van der Waals surface area contributed by atoms with Crippen molar-refractivity contribution in [2.24, 2.45) is 0 Å². The summed E-state index contributed by atoms with van der Waals surface area (Å²) in [5.74, 6) is 0.683. The van der Waals surface area contributed by atoms with Gasteiger partial charge in [-0.2, -0.15) is 5.26 Å². The molecule has 0 aliphatic heterocycles. The molecule has 4 rings (SSSR count). The molecule has 0 saturated carbocycles. The second-order valence-corrected chi connectivity index (χ2v) is 10.6. The molecule has 1 atom stereocenters. The van der Waals surface area contributed by atoms with Crippen molar-refractivity contribution in [2.45, 2.75) is 55.2 Å². The standard InChI is InChI=1S/C20H21N5O2S3/c1-12(28-20-25-24-19(30-20)22-11-13-6-5-9-27-13)17(26)23-18-15(10-21)14-7-3-2-4-8-16(14)29-18/h5-6,9,12H,2-4,7-8,11H2,1H3,(H,22,24)(H,23,26)/t12-/m0/s1. The van der Waals surface area contributed by atoms with Crippen LogP contribution < -0.4 is 10.6 Å². The van der Waals surface area contributed by atoms with E-state index in [2.05, 4.69) is 26.9 Å². The number of aromatic nitrogens is 2. The number of furan rings is 1. The molecule has 2 N–H and O–H groups in total. The summed E-state index contributed by atoms with van der Waals surface area (Å²) in [6, 6.07) is 6.03. The number of thiophene rings is 1. The first-order valence-electron chi connectivity index (χ1n) is 9.76. The highest BCUT2D eigenvalue weighted by Crippen LogP contribution is 2.37. The average Bonchev–Trinajstić information content (AvgIpc) is 3.44. The molecule has 0 fully saturated rings. The summed E-state index contributed by atoms with van der Waals surface area (Å²) < 4.78 is 5.99. The minimum atomic E-state index is -0.357. The molecule has 0 bridgehead atoms. The molecule has 0 saturated heterocycles. The van der Waals surface area contributed by atoms with Gasteiger partial charge >= 0.3 is 0 Å². The van der Waals surface area contributed by atoms with Crippen LogP contribution in [0.5, 0.6) is 0 Å². The zero-order chi connectivity index (χ0) is 20.9. The Labute approximate surface area is 186 Å². The molecule has 3 aromatic heterocycles. The Morgan fingerprint density at radius 3 is 3.00 bits per heavy atom. The van der Waals surface area contributed by atoms with Gasteiger partial charge in [0.2, 0.25) is 11.0 Å². The maximum atomic E-state index is 12.7. The van der Waals surface area contributed by atoms with Gasteiger partial charge in [0.05, 0.1) is 23.6 Å². The van der Waals surface area contributed by atoms with E-state index < -0.39 is 0 Å². The lowest BCUT2D eigenvalue weighted by molar-refractivity contribution is -0.115. The monoisotopic (exact) mass is 459 g/mol. The van der Waals surface area contributed by atoms with Crippen molar-refractivity contribution >= 4 is 50.5 Å². The van der Waals surface area contributed by atoms with Gasteiger partial charge in [0.15, 0.2) is 4.34 Å². The molecule has 10 heteroatoms. The van der Waals surface area contributed by atoms with Crippen molar-refractivity contribution in [1.82, 2.24) is 10.2 Å². The van der Waals surface area contributed by atoms with Gasteiger partial charge in [0.25, 0.3) is 0 Å². The number of amides is 1. The predicted molar refractivity (Wildman–Crippen MR) is 120 cm³/mol. The van der Waals surface area contributed by atoms with Crippen LogP contribution in [0.4, 0.5) is 10.1 Å². The predicted octanol–water partition coefficient (Wildman–Crippen LogP) is 5.06. The van der Waals surface area contributed by atoms with Gasteiger partial charge in [0, 0.05) is 4.88 Å². The summed E-state index contributed by atoms with van der Waals surface area (Å²) in [7, 11) is 0. The number of anilines is 2. The first kappa shape index (κ1) is 20.9. The molecule has 1 amide bonds. The van der Waals surface area contributed by atoms with Crippen molar-refractivity contribution in [3.8, 4) is 6.07 Å². The van der Waals surface area contributed by atoms with Crippen molar-refractivity contribution in [3.63, 3.8) is 0 Å². The van der Waals surface area contributed by atoms with Crippen LogP contribution in [0.25, 0.3) is 0 Å². The molecule has 0 radical (unpaired) electrons. The highest BCUT2D eigenvalue weighted by Gasteiger charge is 2.23. The van der Waals surface area contributed by atoms with E-state index in [1.54, 1.807) is 17.6 Å². The minimum absolute atomic E-state index is 0.131. The molecule has 3 heterocycles. The van der Waals surface area contributed by atoms with E-state index in [1.165, 1.54) is 34.4 Å². The van der Waals surface area contributed by atoms with E-state index in [1.807, 2.05) is 19.1 Å². The van der Waals surface area contributed by atoms with Crippen LogP contribution in [-0.2, 0) is 24.2 Å². The van der Waals surface area contributed by atoms with Crippen molar-refractivity contribution in [2.75, 3.05) is 10.6 Å². The molecule has 0 spiro atoms. The molecule has 1 aliphatic carbocycles. The van der Waals surface area contributed by atoms with Crippen LogP contribution in [-0.4, -0.2) is 21.4 Å². The lowest BCUT2D eigenvalue weighted by atomic mass is 10.1. The first-order chi connectivity index (χ1) is 14.6. The third-order valence-corrected chi connectivity index (χ3v) is 8.09. The van der Waals surface area contributed by atoms with E-state index >= 15 is 0 Å². The smallest absolute Gasteiger partial charge is 0.238 e. The topological polar surface area (TPSA) is 104 Å². The molecular formula is C20H21N5O2S3. The van der Waals surface area contributed by atoms with Crippen LogP contribution in [0.3, 0.4) is 0 Å². The van der Waals surface area contributed by atoms with E-state index in [0.717, 1.165) is 37.0 Å². The fraction of sp³-hybridized carbons (Fsp3) is 0.400. The first-order valence-corrected chi connectivity index (χ1v) is 12.3. The highest BCUT2D eigenvalue weighted by molar-refractivity contribution is 8.02. The minimum Gasteiger partial charge on any atom is -0.467 e. The van der Waals surface area contributed by atoms with Gasteiger partial charge in [-0.25, -0.2) is 0 Å². The summed E-state index contributed by atoms with van der Waals surface area (Å²) in [5.41, 5.74) is 1.77. The number of nitriles is 1. The number of carbonyl (C=O) groups is 1. The van der Waals surface area contributed by atoms with Gasteiger partial charge in [-0.1, -0.05) is 29.5 Å². The average molecular weight is 460 g/mol. The third kappa shape index (κ3) is 4.86. The summed E-state index contributed by atoms with van der Waals surface area (Å²) in [6.07, 6.45) is 6.99. The molecule has 0 aromatic carbocycles. The highest BCUT2D eigenvalue weighted by atomic mass is 32.2. The number of nitrogens with zero attached hydrogens (tertiary/aromatic N) is 3. The number of aryl methyl sites for hydroxylation is 1. The van der Waals surface area contributed by atoms with Crippen molar-refractivity contribution in [3.05, 3.63) is 40.2 Å². The lowest BCUT2D eigenvalue weighted by Gasteiger charge is -2.09. The fourth-order valence-corrected chi connectivity index (χ4v) is 6.41. The van der Waals surface area contributed by atoms with E-state index in [-0.39, 0.29) is 11.2 Å². The van der Waals surface area contributed by atoms with E-state index in [9.17, 15) is 10.1 Å². The van der Waals surface area contributed by atoms with Gasteiger partial charge in [-0.05, 0) is 50.3 Å². The summed E-state index contributed by atoms with van der Waals surface area (Å²) in [6.45, 7) is 2.37. The van der Waals surface area contributed by atoms with Gasteiger partial charge in [-0.15, -0.1) is 21.5 Å². The second-order valence-electron chi connectivity index (χ2n) is 6.94. The number of nitrogens with one attached hydrogen (secondary N) is 2. The Morgan fingerprint density at radius 1 is 1.33 bits per heavy atom. The third-order valence-electron chi connectivity index (χ3n) is 4.82. The quantitative estimate of drug-likeness (QED) is 0.376. The normalized spacial score (nSPS) is 14.4. The Hall–Kier alpha value is -2.35. The van der Waals surface area contributed by atoms with Crippen molar-refractivity contribution in [1.29, 1.82) is 5.26 Å².